The summed E-state index contributed by atoms with van der Waals surface area (Å²) in [6, 6.07) is 15.6. The van der Waals surface area contributed by atoms with Gasteiger partial charge in [-0.1, -0.05) is 34.1 Å². The van der Waals surface area contributed by atoms with Crippen molar-refractivity contribution in [3.05, 3.63) is 59.1 Å². The minimum Gasteiger partial charge on any atom is -0.368 e. The fraction of sp³-hybridized carbons (Fsp3) is 0.316. The van der Waals surface area contributed by atoms with Crippen molar-refractivity contribution in [3.63, 3.8) is 0 Å². The average Bonchev–Trinajstić information content (AvgIpc) is 2.68. The van der Waals surface area contributed by atoms with Gasteiger partial charge in [0.2, 0.25) is 15.9 Å². The molecular formula is C19H22BrN3O3S. The topological polar surface area (TPSA) is 69.7 Å². The number of halogens is 1. The summed E-state index contributed by atoms with van der Waals surface area (Å²) in [5.74, 6) is -0.205. The summed E-state index contributed by atoms with van der Waals surface area (Å²) in [5.41, 5.74) is 1.13. The number of rotatable bonds is 5. The van der Waals surface area contributed by atoms with Crippen LogP contribution in [-0.2, 0) is 14.8 Å². The first kappa shape index (κ1) is 19.9. The summed E-state index contributed by atoms with van der Waals surface area (Å²) in [4.78, 5) is 16.8. The largest absolute Gasteiger partial charge is 0.368 e. The Morgan fingerprint density at radius 2 is 1.59 bits per heavy atom. The van der Waals surface area contributed by atoms with E-state index in [0.29, 0.717) is 13.1 Å². The Kier molecular flexibility index (Phi) is 6.18. The predicted molar refractivity (Wildman–Crippen MR) is 109 cm³/mol. The lowest BCUT2D eigenvalue weighted by Gasteiger charge is -2.37. The second-order valence-corrected chi connectivity index (χ2v) is 9.07. The van der Waals surface area contributed by atoms with Crippen LogP contribution in [0.5, 0.6) is 0 Å². The van der Waals surface area contributed by atoms with Crippen LogP contribution in [0, 0.1) is 0 Å². The maximum atomic E-state index is 12.7. The van der Waals surface area contributed by atoms with Crippen LogP contribution in [0.25, 0.3) is 0 Å². The lowest BCUT2D eigenvalue weighted by atomic mass is 10.2. The molecule has 0 saturated carbocycles. The van der Waals surface area contributed by atoms with Gasteiger partial charge in [0.25, 0.3) is 0 Å². The number of benzene rings is 2. The van der Waals surface area contributed by atoms with Gasteiger partial charge in [0.05, 0.1) is 10.9 Å². The molecule has 0 radical (unpaired) electrons. The van der Waals surface area contributed by atoms with E-state index in [1.54, 1.807) is 24.0 Å². The molecule has 1 N–H and O–H groups in total. The third kappa shape index (κ3) is 4.88. The highest BCUT2D eigenvalue weighted by atomic mass is 79.9. The highest BCUT2D eigenvalue weighted by Gasteiger charge is 2.28. The quantitative estimate of drug-likeness (QED) is 0.757. The van der Waals surface area contributed by atoms with Crippen molar-refractivity contribution in [2.75, 3.05) is 31.1 Å². The molecule has 1 aliphatic rings. The number of anilines is 1. The molecule has 1 heterocycles. The standard InChI is InChI=1S/C19H22BrN3O3S/c1-15(21-27(25,26)18-9-7-16(20)8-10-18)19(24)23-13-11-22(12-14-23)17-5-3-2-4-6-17/h2-10,15,21H,11-14H2,1H3/t15-/m0/s1. The number of sulfonamides is 1. The normalized spacial score (nSPS) is 16.2. The van der Waals surface area contributed by atoms with Gasteiger partial charge >= 0.3 is 0 Å². The zero-order chi connectivity index (χ0) is 19.4. The van der Waals surface area contributed by atoms with E-state index >= 15 is 0 Å². The molecule has 1 fully saturated rings. The molecule has 0 unspecified atom stereocenters. The van der Waals surface area contributed by atoms with Gasteiger partial charge in [0, 0.05) is 36.3 Å². The van der Waals surface area contributed by atoms with E-state index in [1.165, 1.54) is 12.1 Å². The maximum absolute atomic E-state index is 12.7. The van der Waals surface area contributed by atoms with Crippen LogP contribution >= 0.6 is 15.9 Å². The summed E-state index contributed by atoms with van der Waals surface area (Å²) in [5, 5.41) is 0. The van der Waals surface area contributed by atoms with Crippen LogP contribution in [0.1, 0.15) is 6.92 Å². The zero-order valence-corrected chi connectivity index (χ0v) is 17.4. The molecular weight excluding hydrogens is 430 g/mol. The van der Waals surface area contributed by atoms with Gasteiger partial charge in [0.15, 0.2) is 0 Å². The molecule has 1 saturated heterocycles. The number of carbonyl (C=O) groups excluding carboxylic acids is 1. The third-order valence-electron chi connectivity index (χ3n) is 4.54. The minimum atomic E-state index is -3.74. The molecule has 0 aliphatic carbocycles. The molecule has 0 aromatic heterocycles. The van der Waals surface area contributed by atoms with Gasteiger partial charge in [-0.25, -0.2) is 8.42 Å². The molecule has 8 heteroatoms. The molecule has 6 nitrogen and oxygen atoms in total. The van der Waals surface area contributed by atoms with E-state index in [4.69, 9.17) is 0 Å². The molecule has 1 aliphatic heterocycles. The van der Waals surface area contributed by atoms with Crippen molar-refractivity contribution in [2.24, 2.45) is 0 Å². The Balaban J connectivity index is 1.59. The van der Waals surface area contributed by atoms with Crippen LogP contribution in [-0.4, -0.2) is 51.4 Å². The Bertz CT molecular complexity index is 880. The number of amides is 1. The van der Waals surface area contributed by atoms with Crippen LogP contribution in [0.4, 0.5) is 5.69 Å². The first-order valence-electron chi connectivity index (χ1n) is 8.73. The Labute approximate surface area is 168 Å². The monoisotopic (exact) mass is 451 g/mol. The molecule has 27 heavy (non-hydrogen) atoms. The fourth-order valence-electron chi connectivity index (χ4n) is 3.06. The number of hydrogen-bond acceptors (Lipinski definition) is 4. The van der Waals surface area contributed by atoms with E-state index in [-0.39, 0.29) is 10.8 Å². The van der Waals surface area contributed by atoms with Crippen molar-refractivity contribution in [2.45, 2.75) is 17.9 Å². The Hall–Kier alpha value is -1.90. The second kappa shape index (κ2) is 8.41. The summed E-state index contributed by atoms with van der Waals surface area (Å²) in [7, 11) is -3.74. The van der Waals surface area contributed by atoms with E-state index in [2.05, 4.69) is 25.6 Å². The first-order chi connectivity index (χ1) is 12.9. The number of carbonyl (C=O) groups is 1. The molecule has 2 aromatic carbocycles. The van der Waals surface area contributed by atoms with Crippen LogP contribution in [0.3, 0.4) is 0 Å². The number of nitrogens with one attached hydrogen (secondary N) is 1. The van der Waals surface area contributed by atoms with Gasteiger partial charge < -0.3 is 9.80 Å². The van der Waals surface area contributed by atoms with Crippen molar-refractivity contribution >= 4 is 37.5 Å². The smallest absolute Gasteiger partial charge is 0.241 e. The average molecular weight is 452 g/mol. The highest BCUT2D eigenvalue weighted by molar-refractivity contribution is 9.10. The summed E-state index contributed by atoms with van der Waals surface area (Å²) >= 11 is 3.28. The van der Waals surface area contributed by atoms with Gasteiger partial charge in [-0.05, 0) is 43.3 Å². The summed E-state index contributed by atoms with van der Waals surface area (Å²) in [6.07, 6.45) is 0. The summed E-state index contributed by atoms with van der Waals surface area (Å²) < 4.78 is 28.2. The molecule has 1 atom stereocenters. The molecule has 144 valence electrons. The van der Waals surface area contributed by atoms with Crippen LogP contribution < -0.4 is 9.62 Å². The lowest BCUT2D eigenvalue weighted by Crippen LogP contribution is -2.54. The van der Waals surface area contributed by atoms with Crippen molar-refractivity contribution in [1.82, 2.24) is 9.62 Å². The summed E-state index contributed by atoms with van der Waals surface area (Å²) in [6.45, 7) is 4.17. The number of nitrogens with zero attached hydrogens (tertiary/aromatic N) is 2. The van der Waals surface area contributed by atoms with Gasteiger partial charge in [0.1, 0.15) is 0 Å². The third-order valence-corrected chi connectivity index (χ3v) is 6.62. The number of piperazine rings is 1. The van der Waals surface area contributed by atoms with Crippen molar-refractivity contribution in [1.29, 1.82) is 0 Å². The van der Waals surface area contributed by atoms with Crippen molar-refractivity contribution in [3.8, 4) is 0 Å². The van der Waals surface area contributed by atoms with Gasteiger partial charge in [-0.2, -0.15) is 4.72 Å². The zero-order valence-electron chi connectivity index (χ0n) is 15.0. The second-order valence-electron chi connectivity index (χ2n) is 6.44. The fourth-order valence-corrected chi connectivity index (χ4v) is 4.52. The van der Waals surface area contributed by atoms with Gasteiger partial charge in [-0.15, -0.1) is 0 Å². The maximum Gasteiger partial charge on any atom is 0.241 e. The Morgan fingerprint density at radius 1 is 1.00 bits per heavy atom. The van der Waals surface area contributed by atoms with Gasteiger partial charge in [-0.3, -0.25) is 4.79 Å². The first-order valence-corrected chi connectivity index (χ1v) is 11.0. The van der Waals surface area contributed by atoms with E-state index in [9.17, 15) is 13.2 Å². The minimum absolute atomic E-state index is 0.138. The van der Waals surface area contributed by atoms with Crippen LogP contribution in [0.15, 0.2) is 64.0 Å². The molecule has 0 bridgehead atoms. The number of hydrogen-bond donors (Lipinski definition) is 1. The highest BCUT2D eigenvalue weighted by Crippen LogP contribution is 2.17. The van der Waals surface area contributed by atoms with E-state index in [1.807, 2.05) is 30.3 Å². The predicted octanol–water partition coefficient (Wildman–Crippen LogP) is 2.46. The molecule has 2 aromatic rings. The SMILES string of the molecule is C[C@H](NS(=O)(=O)c1ccc(Br)cc1)C(=O)N1CCN(c2ccccc2)CC1. The molecule has 0 spiro atoms. The van der Waals surface area contributed by atoms with E-state index in [0.717, 1.165) is 23.2 Å². The molecule has 3 rings (SSSR count). The van der Waals surface area contributed by atoms with E-state index < -0.39 is 16.1 Å². The lowest BCUT2D eigenvalue weighted by molar-refractivity contribution is -0.132. The number of para-hydroxylation sites is 1. The van der Waals surface area contributed by atoms with Crippen molar-refractivity contribution < 1.29 is 13.2 Å². The van der Waals surface area contributed by atoms with Crippen LogP contribution in [0.2, 0.25) is 0 Å². The molecule has 1 amide bonds. The Morgan fingerprint density at radius 3 is 2.19 bits per heavy atom.